The number of Topliss-reactive ketones (excluding diaryl/α,β-unsaturated/α-hetero) is 1. The molecule has 1 aliphatic carbocycles. The van der Waals surface area contributed by atoms with E-state index >= 15 is 0 Å². The van der Waals surface area contributed by atoms with E-state index in [-0.39, 0.29) is 0 Å². The fourth-order valence-corrected chi connectivity index (χ4v) is 2.06. The Morgan fingerprint density at radius 2 is 2.00 bits per heavy atom. The number of ether oxygens (including phenoxy) is 1. The number of carbonyl (C=O) groups is 1. The maximum atomic E-state index is 11.7. The van der Waals surface area contributed by atoms with E-state index in [4.69, 9.17) is 4.74 Å². The number of hydrogen-bond acceptors (Lipinski definition) is 2. The molecule has 86 valence electrons. The number of rotatable bonds is 5. The van der Waals surface area contributed by atoms with Crippen LogP contribution in [0.15, 0.2) is 24.3 Å². The third kappa shape index (κ3) is 2.84. The number of carbonyl (C=O) groups excluding carboxylic acids is 1. The maximum Gasteiger partial charge on any atom is 0.137 e. The summed E-state index contributed by atoms with van der Waals surface area (Å²) in [6, 6.07) is 7.76. The van der Waals surface area contributed by atoms with Crippen LogP contribution in [0.2, 0.25) is 0 Å². The maximum absolute atomic E-state index is 11.7. The van der Waals surface area contributed by atoms with Crippen molar-refractivity contribution in [2.75, 3.05) is 7.11 Å². The van der Waals surface area contributed by atoms with Crippen LogP contribution in [0.25, 0.3) is 0 Å². The van der Waals surface area contributed by atoms with Gasteiger partial charge in [-0.3, -0.25) is 4.79 Å². The molecule has 2 rings (SSSR count). The van der Waals surface area contributed by atoms with Crippen molar-refractivity contribution in [2.45, 2.75) is 32.1 Å². The molecular formula is C14H18O2. The van der Waals surface area contributed by atoms with Crippen LogP contribution in [0, 0.1) is 5.92 Å². The summed E-state index contributed by atoms with van der Waals surface area (Å²) in [5.74, 6) is 1.89. The van der Waals surface area contributed by atoms with Gasteiger partial charge in [-0.05, 0) is 23.6 Å². The quantitative estimate of drug-likeness (QED) is 0.759. The van der Waals surface area contributed by atoms with Crippen molar-refractivity contribution in [2.24, 2.45) is 5.92 Å². The Kier molecular flexibility index (Phi) is 3.60. The Hall–Kier alpha value is -1.31. The van der Waals surface area contributed by atoms with E-state index in [9.17, 15) is 4.79 Å². The van der Waals surface area contributed by atoms with Gasteiger partial charge in [0, 0.05) is 12.8 Å². The summed E-state index contributed by atoms with van der Waals surface area (Å²) < 4.78 is 5.08. The summed E-state index contributed by atoms with van der Waals surface area (Å²) in [5, 5.41) is 0. The van der Waals surface area contributed by atoms with Gasteiger partial charge in [0.05, 0.1) is 7.11 Å². The topological polar surface area (TPSA) is 26.3 Å². The van der Waals surface area contributed by atoms with Crippen LogP contribution in [-0.4, -0.2) is 12.9 Å². The largest absolute Gasteiger partial charge is 0.497 e. The van der Waals surface area contributed by atoms with E-state index in [0.29, 0.717) is 18.1 Å². The fraction of sp³-hybridized carbons (Fsp3) is 0.500. The van der Waals surface area contributed by atoms with E-state index in [2.05, 4.69) is 0 Å². The number of hydrogen-bond donors (Lipinski definition) is 0. The Morgan fingerprint density at radius 1 is 1.31 bits per heavy atom. The van der Waals surface area contributed by atoms with Gasteiger partial charge in [0.15, 0.2) is 0 Å². The third-order valence-corrected chi connectivity index (χ3v) is 3.30. The van der Waals surface area contributed by atoms with Crippen molar-refractivity contribution in [1.82, 2.24) is 0 Å². The van der Waals surface area contributed by atoms with Crippen LogP contribution in [0.5, 0.6) is 5.75 Å². The lowest BCUT2D eigenvalue weighted by molar-refractivity contribution is -0.119. The highest BCUT2D eigenvalue weighted by atomic mass is 16.5. The van der Waals surface area contributed by atoms with Crippen LogP contribution in [0.4, 0.5) is 0 Å². The zero-order chi connectivity index (χ0) is 11.4. The van der Waals surface area contributed by atoms with E-state index in [1.807, 2.05) is 24.3 Å². The summed E-state index contributed by atoms with van der Waals surface area (Å²) in [4.78, 5) is 11.7. The molecule has 0 aliphatic heterocycles. The van der Waals surface area contributed by atoms with E-state index in [1.54, 1.807) is 7.11 Å². The first kappa shape index (κ1) is 11.2. The molecule has 1 fully saturated rings. The van der Waals surface area contributed by atoms with Crippen LogP contribution in [-0.2, 0) is 11.2 Å². The van der Waals surface area contributed by atoms with Gasteiger partial charge in [-0.2, -0.15) is 0 Å². The summed E-state index contributed by atoms with van der Waals surface area (Å²) in [6.07, 6.45) is 5.13. The number of benzene rings is 1. The second-order valence-corrected chi connectivity index (χ2v) is 4.56. The summed E-state index contributed by atoms with van der Waals surface area (Å²) in [7, 11) is 1.65. The zero-order valence-corrected chi connectivity index (χ0v) is 9.74. The second-order valence-electron chi connectivity index (χ2n) is 4.56. The summed E-state index contributed by atoms with van der Waals surface area (Å²) in [6.45, 7) is 0. The molecule has 1 aliphatic rings. The molecule has 0 atom stereocenters. The molecule has 1 aromatic rings. The molecule has 0 heterocycles. The van der Waals surface area contributed by atoms with Crippen molar-refractivity contribution in [3.05, 3.63) is 29.8 Å². The molecule has 0 spiro atoms. The summed E-state index contributed by atoms with van der Waals surface area (Å²) in [5.41, 5.74) is 1.09. The monoisotopic (exact) mass is 218 g/mol. The van der Waals surface area contributed by atoms with Crippen molar-refractivity contribution >= 4 is 5.78 Å². The van der Waals surface area contributed by atoms with Gasteiger partial charge in [-0.1, -0.05) is 31.4 Å². The highest BCUT2D eigenvalue weighted by Gasteiger charge is 2.20. The molecule has 0 N–H and O–H groups in total. The van der Waals surface area contributed by atoms with Crippen LogP contribution >= 0.6 is 0 Å². The Bertz CT molecular complexity index is 350. The SMILES string of the molecule is COc1ccc(CC(=O)CC2CCC2)cc1. The first-order valence-electron chi connectivity index (χ1n) is 5.92. The van der Waals surface area contributed by atoms with Crippen molar-refractivity contribution in [3.63, 3.8) is 0 Å². The van der Waals surface area contributed by atoms with Gasteiger partial charge in [0.25, 0.3) is 0 Å². The normalized spacial score (nSPS) is 15.6. The van der Waals surface area contributed by atoms with E-state index < -0.39 is 0 Å². The lowest BCUT2D eigenvalue weighted by Crippen LogP contribution is -2.17. The average Bonchev–Trinajstić information content (AvgIpc) is 2.25. The highest BCUT2D eigenvalue weighted by Crippen LogP contribution is 2.29. The average molecular weight is 218 g/mol. The molecule has 0 radical (unpaired) electrons. The Balaban J connectivity index is 1.84. The molecule has 1 saturated carbocycles. The van der Waals surface area contributed by atoms with Gasteiger partial charge < -0.3 is 4.74 Å². The minimum Gasteiger partial charge on any atom is -0.497 e. The van der Waals surface area contributed by atoms with Crippen LogP contribution < -0.4 is 4.74 Å². The number of ketones is 1. The molecule has 16 heavy (non-hydrogen) atoms. The van der Waals surface area contributed by atoms with Crippen LogP contribution in [0.1, 0.15) is 31.2 Å². The zero-order valence-electron chi connectivity index (χ0n) is 9.74. The first-order valence-corrected chi connectivity index (χ1v) is 5.92. The standard InChI is InChI=1S/C14H18O2/c1-16-14-7-5-12(6-8-14)10-13(15)9-11-3-2-4-11/h5-8,11H,2-4,9-10H2,1H3. The molecule has 0 saturated heterocycles. The molecule has 2 heteroatoms. The number of methoxy groups -OCH3 is 1. The minimum atomic E-state index is 0.370. The minimum absolute atomic E-state index is 0.370. The predicted molar refractivity (Wildman–Crippen MR) is 63.7 cm³/mol. The van der Waals surface area contributed by atoms with Gasteiger partial charge in [-0.15, -0.1) is 0 Å². The second kappa shape index (κ2) is 5.15. The van der Waals surface area contributed by atoms with Gasteiger partial charge in [-0.25, -0.2) is 0 Å². The lowest BCUT2D eigenvalue weighted by atomic mass is 9.81. The third-order valence-electron chi connectivity index (χ3n) is 3.30. The lowest BCUT2D eigenvalue weighted by Gasteiger charge is -2.24. The van der Waals surface area contributed by atoms with Crippen molar-refractivity contribution < 1.29 is 9.53 Å². The molecule has 0 amide bonds. The first-order chi connectivity index (χ1) is 7.78. The molecule has 0 unspecified atom stereocenters. The smallest absolute Gasteiger partial charge is 0.137 e. The predicted octanol–water partition coefficient (Wildman–Crippen LogP) is 3.00. The highest BCUT2D eigenvalue weighted by molar-refractivity contribution is 5.81. The molecule has 1 aromatic carbocycles. The van der Waals surface area contributed by atoms with Gasteiger partial charge in [0.1, 0.15) is 11.5 Å². The Labute approximate surface area is 96.6 Å². The van der Waals surface area contributed by atoms with Crippen LogP contribution in [0.3, 0.4) is 0 Å². The molecule has 0 aromatic heterocycles. The fourth-order valence-electron chi connectivity index (χ4n) is 2.06. The molecular weight excluding hydrogens is 200 g/mol. The van der Waals surface area contributed by atoms with E-state index in [1.165, 1.54) is 19.3 Å². The van der Waals surface area contributed by atoms with Gasteiger partial charge in [0.2, 0.25) is 0 Å². The van der Waals surface area contributed by atoms with Gasteiger partial charge >= 0.3 is 0 Å². The molecule has 2 nitrogen and oxygen atoms in total. The van der Waals surface area contributed by atoms with Crippen molar-refractivity contribution in [1.29, 1.82) is 0 Å². The van der Waals surface area contributed by atoms with E-state index in [0.717, 1.165) is 17.7 Å². The summed E-state index contributed by atoms with van der Waals surface area (Å²) >= 11 is 0. The molecule has 0 bridgehead atoms. The van der Waals surface area contributed by atoms with Crippen molar-refractivity contribution in [3.8, 4) is 5.75 Å². The Morgan fingerprint density at radius 3 is 2.50 bits per heavy atom.